The molecule has 0 unspecified atom stereocenters. The summed E-state index contributed by atoms with van der Waals surface area (Å²) in [5.41, 5.74) is -4.72. The highest BCUT2D eigenvalue weighted by molar-refractivity contribution is 6.17. The molecular formula is C42H28N4O. The van der Waals surface area contributed by atoms with Gasteiger partial charge in [-0.2, -0.15) is 9.97 Å². The first kappa shape index (κ1) is 15.0. The normalized spacial score (nSPS) is 18.9. The maximum absolute atomic E-state index is 9.65. The van der Waals surface area contributed by atoms with Crippen molar-refractivity contribution in [3.8, 4) is 39.9 Å². The van der Waals surface area contributed by atoms with Crippen LogP contribution in [-0.2, 0) is 5.41 Å². The minimum absolute atomic E-state index is 0.0547. The maximum Gasteiger partial charge on any atom is 0.238 e. The van der Waals surface area contributed by atoms with Crippen molar-refractivity contribution in [1.29, 1.82) is 0 Å². The van der Waals surface area contributed by atoms with Crippen LogP contribution in [0.15, 0.2) is 138 Å². The molecule has 47 heavy (non-hydrogen) atoms. The molecule has 1 aliphatic rings. The van der Waals surface area contributed by atoms with Gasteiger partial charge in [0, 0.05) is 46.3 Å². The Morgan fingerprint density at radius 3 is 2.30 bits per heavy atom. The zero-order chi connectivity index (χ0) is 45.0. The summed E-state index contributed by atoms with van der Waals surface area (Å²) in [4.78, 5) is 14.4. The van der Waals surface area contributed by atoms with Gasteiger partial charge in [-0.3, -0.25) is 4.57 Å². The van der Waals surface area contributed by atoms with Crippen LogP contribution in [0.1, 0.15) is 46.8 Å². The Morgan fingerprint density at radius 1 is 0.638 bits per heavy atom. The predicted molar refractivity (Wildman–Crippen MR) is 190 cm³/mol. The molecule has 0 amide bonds. The van der Waals surface area contributed by atoms with Crippen LogP contribution in [0, 0.1) is 0 Å². The van der Waals surface area contributed by atoms with Gasteiger partial charge in [0.05, 0.1) is 24.7 Å². The Kier molecular flexibility index (Phi) is 3.03. The van der Waals surface area contributed by atoms with E-state index in [1.807, 2.05) is 30.3 Å². The molecule has 5 nitrogen and oxygen atoms in total. The van der Waals surface area contributed by atoms with E-state index in [1.165, 1.54) is 0 Å². The van der Waals surface area contributed by atoms with Crippen molar-refractivity contribution in [2.24, 2.45) is 0 Å². The third kappa shape index (κ3) is 3.68. The van der Waals surface area contributed by atoms with E-state index in [0.29, 0.717) is 22.3 Å². The van der Waals surface area contributed by atoms with Crippen LogP contribution in [0.3, 0.4) is 0 Å². The second kappa shape index (κ2) is 9.47. The van der Waals surface area contributed by atoms with Gasteiger partial charge in [0.15, 0.2) is 11.6 Å². The van der Waals surface area contributed by atoms with Gasteiger partial charge in [-0.1, -0.05) is 117 Å². The fourth-order valence-corrected chi connectivity index (χ4v) is 6.48. The van der Waals surface area contributed by atoms with E-state index in [0.717, 1.165) is 15.3 Å². The Labute approximate surface area is 293 Å². The second-order valence-electron chi connectivity index (χ2n) is 11.2. The van der Waals surface area contributed by atoms with Crippen molar-refractivity contribution in [3.05, 3.63) is 144 Å². The van der Waals surface area contributed by atoms with Crippen molar-refractivity contribution in [2.75, 3.05) is 0 Å². The maximum atomic E-state index is 9.65. The second-order valence-corrected chi connectivity index (χ2v) is 11.2. The molecule has 0 saturated carbocycles. The highest BCUT2D eigenvalue weighted by atomic mass is 16.3. The first-order chi connectivity index (χ1) is 29.7. The lowest BCUT2D eigenvalue weighted by molar-refractivity contribution is 0.661. The Bertz CT molecular complexity index is 3490. The minimum atomic E-state index is -3.64. The van der Waals surface area contributed by atoms with Gasteiger partial charge in [-0.15, -0.1) is 0 Å². The number of aromatic nitrogens is 4. The van der Waals surface area contributed by atoms with Gasteiger partial charge in [0.25, 0.3) is 0 Å². The van der Waals surface area contributed by atoms with Gasteiger partial charge in [0.1, 0.15) is 11.2 Å². The fraction of sp³-hybridized carbons (Fsp3) is 0.0714. The van der Waals surface area contributed by atoms with Crippen molar-refractivity contribution >= 4 is 43.7 Å². The highest BCUT2D eigenvalue weighted by Gasteiger charge is 2.37. The standard InChI is InChI=1S/C42H28N4O/c1-42(2)31-17-9-6-15-29(31)37-32(42)22-23-34-38(37)30-16-7-10-18-33(30)46(34)41-44-39(25-12-4-3-5-13-25)43-40(45-41)26-20-21-28-27-14-8-11-19-35(27)47-36(28)24-26/h3-24H,1-2H3/i1D3,2D3,6D,7D,9D,10D,15D,16D,17D,18D,22D,23D. The highest BCUT2D eigenvalue weighted by Crippen LogP contribution is 2.53. The lowest BCUT2D eigenvalue weighted by Gasteiger charge is -2.21. The van der Waals surface area contributed by atoms with E-state index < -0.39 is 102 Å². The number of rotatable bonds is 3. The lowest BCUT2D eigenvalue weighted by Crippen LogP contribution is -2.14. The first-order valence-corrected chi connectivity index (χ1v) is 14.6. The number of benzene rings is 6. The zero-order valence-corrected chi connectivity index (χ0v) is 24.1. The van der Waals surface area contributed by atoms with E-state index >= 15 is 0 Å². The molecule has 5 heteroatoms. The number of para-hydroxylation sites is 2. The minimum Gasteiger partial charge on any atom is -0.456 e. The molecule has 0 spiro atoms. The summed E-state index contributed by atoms with van der Waals surface area (Å²) in [7, 11) is 0. The summed E-state index contributed by atoms with van der Waals surface area (Å²) < 4.78 is 151. The first-order valence-electron chi connectivity index (χ1n) is 22.6. The van der Waals surface area contributed by atoms with E-state index in [2.05, 4.69) is 0 Å². The molecule has 0 saturated heterocycles. The molecule has 9 aromatic rings. The zero-order valence-electron chi connectivity index (χ0n) is 40.1. The van der Waals surface area contributed by atoms with E-state index in [9.17, 15) is 5.48 Å². The molecule has 0 bridgehead atoms. The molecule has 3 heterocycles. The van der Waals surface area contributed by atoms with Gasteiger partial charge in [0.2, 0.25) is 5.95 Å². The van der Waals surface area contributed by atoms with E-state index in [4.69, 9.17) is 35.8 Å². The van der Waals surface area contributed by atoms with Crippen LogP contribution in [-0.4, -0.2) is 19.5 Å². The molecule has 1 aliphatic carbocycles. The SMILES string of the molecule is [2H]c1c([2H])c([2H])c2c(c1[2H])-c1c(c([2H])c([2H])c3c1c1c([2H])c([2H])c([2H])c([2H])c1n3-c1nc(-c3ccccc3)nc(-c3ccc4c(c3)oc3ccccc34)n1)C2(C([2H])([2H])[2H])C([2H])([2H])[2H]. The summed E-state index contributed by atoms with van der Waals surface area (Å²) in [6.45, 7) is -7.28. The molecule has 222 valence electrons. The van der Waals surface area contributed by atoms with Gasteiger partial charge < -0.3 is 4.42 Å². The van der Waals surface area contributed by atoms with Crippen LogP contribution in [0.2, 0.25) is 0 Å². The quantitative estimate of drug-likeness (QED) is 0.197. The van der Waals surface area contributed by atoms with E-state index in [-0.39, 0.29) is 39.4 Å². The summed E-state index contributed by atoms with van der Waals surface area (Å²) in [6, 6.07) is 13.2. The molecule has 10 rings (SSSR count). The molecule has 0 N–H and O–H groups in total. The van der Waals surface area contributed by atoms with Crippen molar-refractivity contribution in [3.63, 3.8) is 0 Å². The van der Waals surface area contributed by atoms with Gasteiger partial charge >= 0.3 is 0 Å². The van der Waals surface area contributed by atoms with Crippen LogP contribution in [0.4, 0.5) is 0 Å². The van der Waals surface area contributed by atoms with Crippen molar-refractivity contribution in [2.45, 2.75) is 19.1 Å². The average Bonchev–Trinajstić information content (AvgIpc) is 3.92. The van der Waals surface area contributed by atoms with E-state index in [1.54, 1.807) is 42.5 Å². The van der Waals surface area contributed by atoms with Crippen molar-refractivity contribution < 1.29 is 26.3 Å². The summed E-state index contributed by atoms with van der Waals surface area (Å²) in [5, 5.41) is 0.956. The molecule has 0 fully saturated rings. The van der Waals surface area contributed by atoms with Crippen LogP contribution >= 0.6 is 0 Å². The van der Waals surface area contributed by atoms with Crippen LogP contribution in [0.5, 0.6) is 0 Å². The van der Waals surface area contributed by atoms with Gasteiger partial charge in [-0.05, 0) is 52.5 Å². The Morgan fingerprint density at radius 2 is 1.40 bits per heavy atom. The van der Waals surface area contributed by atoms with Crippen molar-refractivity contribution in [1.82, 2.24) is 19.5 Å². The van der Waals surface area contributed by atoms with Crippen LogP contribution < -0.4 is 0 Å². The Hall–Kier alpha value is -6.07. The number of fused-ring (bicyclic) bond motifs is 10. The number of hydrogen-bond acceptors (Lipinski definition) is 4. The average molecular weight is 621 g/mol. The molecule has 0 atom stereocenters. The summed E-state index contributed by atoms with van der Waals surface area (Å²) >= 11 is 0. The molecule has 6 aromatic carbocycles. The topological polar surface area (TPSA) is 56.7 Å². The molecule has 3 aromatic heterocycles. The largest absolute Gasteiger partial charge is 0.456 e. The predicted octanol–water partition coefficient (Wildman–Crippen LogP) is 10.5. The van der Waals surface area contributed by atoms with Crippen LogP contribution in [0.25, 0.3) is 83.6 Å². The number of hydrogen-bond donors (Lipinski definition) is 0. The third-order valence-corrected chi connectivity index (χ3v) is 8.59. The lowest BCUT2D eigenvalue weighted by atomic mass is 9.82. The summed E-state index contributed by atoms with van der Waals surface area (Å²) in [6.07, 6.45) is 0. The van der Waals surface area contributed by atoms with Gasteiger partial charge in [-0.25, -0.2) is 4.98 Å². The third-order valence-electron chi connectivity index (χ3n) is 8.59. The molecular weight excluding hydrogens is 576 g/mol. The number of nitrogens with zero attached hydrogens (tertiary/aromatic N) is 4. The number of furan rings is 1. The molecule has 0 radical (unpaired) electrons. The monoisotopic (exact) mass is 620 g/mol. The Balaban J connectivity index is 1.43. The molecule has 0 aliphatic heterocycles. The smallest absolute Gasteiger partial charge is 0.238 e. The summed E-state index contributed by atoms with van der Waals surface area (Å²) in [5.74, 6) is -0.176. The fourth-order valence-electron chi connectivity index (χ4n) is 6.48.